The van der Waals surface area contributed by atoms with Gasteiger partial charge < -0.3 is 19.8 Å². The number of likely N-dealkylation sites (tertiary alicyclic amines) is 1. The van der Waals surface area contributed by atoms with Crippen LogP contribution >= 0.6 is 15.0 Å². The zero-order chi connectivity index (χ0) is 21.5. The van der Waals surface area contributed by atoms with Crippen molar-refractivity contribution in [1.82, 2.24) is 4.90 Å². The molecule has 1 rings (SSSR count). The molecule has 162 valence electrons. The molecule has 10 heteroatoms. The monoisotopic (exact) mass is 437 g/mol. The van der Waals surface area contributed by atoms with E-state index in [9.17, 15) is 33.7 Å². The van der Waals surface area contributed by atoms with E-state index in [0.29, 0.717) is 19.4 Å². The first-order valence-corrected chi connectivity index (χ1v) is 13.1. The van der Waals surface area contributed by atoms with Crippen molar-refractivity contribution in [3.63, 3.8) is 0 Å². The van der Waals surface area contributed by atoms with Crippen LogP contribution in [0.4, 0.5) is 0 Å². The molecule has 1 heterocycles. The lowest BCUT2D eigenvalue weighted by Crippen LogP contribution is -2.40. The van der Waals surface area contributed by atoms with E-state index < -0.39 is 38.9 Å². The number of carboxylic acids is 1. The first kappa shape index (κ1) is 25.3. The summed E-state index contributed by atoms with van der Waals surface area (Å²) in [6.45, 7) is 5.90. The van der Waals surface area contributed by atoms with Crippen molar-refractivity contribution in [2.75, 3.05) is 19.3 Å². The molecule has 0 aromatic heterocycles. The molecule has 28 heavy (non-hydrogen) atoms. The molecule has 4 N–H and O–H groups in total. The Balaban J connectivity index is 2.78. The molecule has 0 aliphatic carbocycles. The summed E-state index contributed by atoms with van der Waals surface area (Å²) in [5.41, 5.74) is 2.27. The summed E-state index contributed by atoms with van der Waals surface area (Å²) < 4.78 is 24.7. The minimum Gasteiger partial charge on any atom is -0.480 e. The van der Waals surface area contributed by atoms with E-state index in [2.05, 4.69) is 6.08 Å². The van der Waals surface area contributed by atoms with Gasteiger partial charge in [-0.25, -0.2) is 0 Å². The molecule has 0 bridgehead atoms. The standard InChI is InChI=1S/C18H33NO7P2/c1-14(2)7-4-8-15(3)9-6-12-27(22,23)17(28(24,25)26)13-19-11-5-10-16(19)18(20)21/h7,9,16-17H,4-6,8,10-13H2,1-3H3,(H,20,21)(H,22,23)(H2,24,25,26)/b15-9+/t16-,17?/m0/s1. The van der Waals surface area contributed by atoms with E-state index in [1.807, 2.05) is 26.8 Å². The summed E-state index contributed by atoms with van der Waals surface area (Å²) in [6, 6.07) is -0.869. The molecular weight excluding hydrogens is 404 g/mol. The zero-order valence-corrected chi connectivity index (χ0v) is 18.6. The number of hydrogen-bond donors (Lipinski definition) is 4. The highest BCUT2D eigenvalue weighted by atomic mass is 31.2. The van der Waals surface area contributed by atoms with Crippen molar-refractivity contribution < 1.29 is 33.7 Å². The smallest absolute Gasteiger partial charge is 0.339 e. The summed E-state index contributed by atoms with van der Waals surface area (Å²) in [6.07, 6.45) is 6.57. The quantitative estimate of drug-likeness (QED) is 0.285. The van der Waals surface area contributed by atoms with Crippen LogP contribution < -0.4 is 0 Å². The van der Waals surface area contributed by atoms with Gasteiger partial charge >= 0.3 is 13.6 Å². The van der Waals surface area contributed by atoms with Crippen LogP contribution in [-0.2, 0) is 13.9 Å². The predicted molar refractivity (Wildman–Crippen MR) is 110 cm³/mol. The second-order valence-corrected chi connectivity index (χ2v) is 12.5. The van der Waals surface area contributed by atoms with Crippen molar-refractivity contribution >= 4 is 20.9 Å². The third-order valence-corrected chi connectivity index (χ3v) is 9.85. The molecule has 8 nitrogen and oxygen atoms in total. The molecule has 0 radical (unpaired) electrons. The van der Waals surface area contributed by atoms with Crippen molar-refractivity contribution in [2.24, 2.45) is 0 Å². The minimum atomic E-state index is -4.88. The number of allylic oxidation sites excluding steroid dienone is 4. The van der Waals surface area contributed by atoms with Crippen LogP contribution in [0.25, 0.3) is 0 Å². The van der Waals surface area contributed by atoms with Crippen molar-refractivity contribution in [2.45, 2.75) is 64.3 Å². The highest BCUT2D eigenvalue weighted by molar-refractivity contribution is 7.74. The predicted octanol–water partition coefficient (Wildman–Crippen LogP) is 3.39. The summed E-state index contributed by atoms with van der Waals surface area (Å²) in [4.78, 5) is 42.4. The maximum absolute atomic E-state index is 12.8. The van der Waals surface area contributed by atoms with E-state index in [-0.39, 0.29) is 12.6 Å². The average molecular weight is 437 g/mol. The first-order valence-electron chi connectivity index (χ1n) is 9.47. The fraction of sp³-hybridized carbons (Fsp3) is 0.722. The van der Waals surface area contributed by atoms with E-state index in [4.69, 9.17) is 0 Å². The molecular formula is C18H33NO7P2. The summed E-state index contributed by atoms with van der Waals surface area (Å²) in [5, 5.41) is 7.47. The highest BCUT2D eigenvalue weighted by Gasteiger charge is 2.46. The van der Waals surface area contributed by atoms with Crippen molar-refractivity contribution in [3.8, 4) is 0 Å². The number of hydrogen-bond acceptors (Lipinski definition) is 4. The van der Waals surface area contributed by atoms with Crippen LogP contribution in [0.5, 0.6) is 0 Å². The van der Waals surface area contributed by atoms with Gasteiger partial charge in [0.1, 0.15) is 11.4 Å². The molecule has 3 atom stereocenters. The van der Waals surface area contributed by atoms with Gasteiger partial charge in [-0.3, -0.25) is 18.8 Å². The van der Waals surface area contributed by atoms with Crippen LogP contribution in [-0.4, -0.2) is 61.3 Å². The number of aliphatic carboxylic acids is 1. The normalized spacial score (nSPS) is 21.9. The fourth-order valence-corrected chi connectivity index (χ4v) is 7.25. The molecule has 0 saturated carbocycles. The second-order valence-electron chi connectivity index (χ2n) is 7.70. The van der Waals surface area contributed by atoms with Crippen molar-refractivity contribution in [1.29, 1.82) is 0 Å². The lowest BCUT2D eigenvalue weighted by atomic mass is 10.1. The molecule has 1 aliphatic rings. The molecule has 2 unspecified atom stereocenters. The zero-order valence-electron chi connectivity index (χ0n) is 16.8. The number of nitrogens with zero attached hydrogens (tertiary/aromatic N) is 1. The number of rotatable bonds is 11. The SMILES string of the molecule is CC(C)=CCC/C(C)=C/CCP(=O)(O)C(CN1CCC[C@H]1C(=O)O)P(=O)(O)O. The minimum absolute atomic E-state index is 0.242. The summed E-state index contributed by atoms with van der Waals surface area (Å²) in [7, 11) is -9.06. The van der Waals surface area contributed by atoms with Crippen LogP contribution in [0.1, 0.15) is 52.9 Å². The van der Waals surface area contributed by atoms with Gasteiger partial charge in [0.05, 0.1) is 0 Å². The van der Waals surface area contributed by atoms with E-state index in [0.717, 1.165) is 18.4 Å². The first-order chi connectivity index (χ1) is 12.8. The third kappa shape index (κ3) is 8.32. The number of carboxylic acid groups (broad SMARTS) is 1. The maximum Gasteiger partial charge on any atom is 0.339 e. The van der Waals surface area contributed by atoms with Gasteiger partial charge in [0, 0.05) is 12.7 Å². The molecule has 0 aromatic rings. The molecule has 0 amide bonds. The Morgan fingerprint density at radius 1 is 1.14 bits per heavy atom. The Kier molecular flexibility index (Phi) is 9.81. The van der Waals surface area contributed by atoms with Gasteiger partial charge in [-0.15, -0.1) is 0 Å². The van der Waals surface area contributed by atoms with Crippen LogP contribution in [0.2, 0.25) is 0 Å². The van der Waals surface area contributed by atoms with E-state index in [1.165, 1.54) is 10.5 Å². The van der Waals surface area contributed by atoms with Gasteiger partial charge in [-0.2, -0.15) is 0 Å². The third-order valence-electron chi connectivity index (χ3n) is 4.93. The molecule has 0 spiro atoms. The van der Waals surface area contributed by atoms with Crippen LogP contribution in [0, 0.1) is 0 Å². The summed E-state index contributed by atoms with van der Waals surface area (Å²) in [5.74, 6) is -1.08. The molecule has 1 fully saturated rings. The maximum atomic E-state index is 12.8. The largest absolute Gasteiger partial charge is 0.480 e. The lowest BCUT2D eigenvalue weighted by molar-refractivity contribution is -0.142. The summed E-state index contributed by atoms with van der Waals surface area (Å²) >= 11 is 0. The topological polar surface area (TPSA) is 135 Å². The Hall–Kier alpha value is -0.750. The Morgan fingerprint density at radius 2 is 1.79 bits per heavy atom. The second kappa shape index (κ2) is 10.9. The van der Waals surface area contributed by atoms with Gasteiger partial charge in [0.25, 0.3) is 0 Å². The van der Waals surface area contributed by atoms with E-state index >= 15 is 0 Å². The van der Waals surface area contributed by atoms with E-state index in [1.54, 1.807) is 0 Å². The van der Waals surface area contributed by atoms with Gasteiger partial charge in [-0.1, -0.05) is 23.3 Å². The van der Waals surface area contributed by atoms with Crippen molar-refractivity contribution in [3.05, 3.63) is 23.3 Å². The molecule has 0 aromatic carbocycles. The fourth-order valence-electron chi connectivity index (χ4n) is 3.34. The van der Waals surface area contributed by atoms with Crippen LogP contribution in [0.15, 0.2) is 23.3 Å². The Morgan fingerprint density at radius 3 is 2.32 bits per heavy atom. The van der Waals surface area contributed by atoms with Gasteiger partial charge in [0.15, 0.2) is 0 Å². The molecule has 1 saturated heterocycles. The van der Waals surface area contributed by atoms with Crippen LogP contribution in [0.3, 0.4) is 0 Å². The molecule has 1 aliphatic heterocycles. The van der Waals surface area contributed by atoms with Gasteiger partial charge in [-0.05, 0) is 59.4 Å². The average Bonchev–Trinajstić information content (AvgIpc) is 2.99. The lowest BCUT2D eigenvalue weighted by Gasteiger charge is -2.30. The highest BCUT2D eigenvalue weighted by Crippen LogP contribution is 2.62. The number of carbonyl (C=O) groups is 1. The Bertz CT molecular complexity index is 694. The van der Waals surface area contributed by atoms with Gasteiger partial charge in [0.2, 0.25) is 7.37 Å². The Labute approximate surface area is 166 Å².